The molecule has 0 aliphatic heterocycles. The van der Waals surface area contributed by atoms with Gasteiger partial charge in [-0.15, -0.1) is 0 Å². The van der Waals surface area contributed by atoms with Crippen molar-refractivity contribution in [3.8, 4) is 11.5 Å². The molecule has 1 amide bonds. The van der Waals surface area contributed by atoms with E-state index < -0.39 is 15.9 Å². The average molecular weight is 446 g/mol. The standard InChI is InChI=1S/C20H16ClN3O5S/c21-15-5-7-16(8-6-15)24-30(28,29)18-3-1-2-13(10-18)20(27)23-22-12-14-4-9-17(25)11-19(14)26/h1-12,24-26H,(H,23,27). The van der Waals surface area contributed by atoms with Crippen LogP contribution in [0.4, 0.5) is 5.69 Å². The number of amides is 1. The SMILES string of the molecule is O=C(NN=Cc1ccc(O)cc1O)c1cccc(S(=O)(=O)Nc2ccc(Cl)cc2)c1. The fraction of sp³-hybridized carbons (Fsp3) is 0. The molecule has 0 saturated carbocycles. The van der Waals surface area contributed by atoms with Gasteiger partial charge in [0.2, 0.25) is 0 Å². The van der Waals surface area contributed by atoms with Crippen LogP contribution in [-0.4, -0.2) is 30.8 Å². The highest BCUT2D eigenvalue weighted by molar-refractivity contribution is 7.92. The van der Waals surface area contributed by atoms with Gasteiger partial charge < -0.3 is 10.2 Å². The molecule has 0 bridgehead atoms. The Morgan fingerprint density at radius 3 is 2.43 bits per heavy atom. The summed E-state index contributed by atoms with van der Waals surface area (Å²) in [5, 5.41) is 23.2. The summed E-state index contributed by atoms with van der Waals surface area (Å²) in [6.07, 6.45) is 1.19. The fourth-order valence-electron chi connectivity index (χ4n) is 2.40. The van der Waals surface area contributed by atoms with E-state index in [-0.39, 0.29) is 27.5 Å². The summed E-state index contributed by atoms with van der Waals surface area (Å²) in [6, 6.07) is 15.5. The average Bonchev–Trinajstić information content (AvgIpc) is 2.71. The van der Waals surface area contributed by atoms with Crippen molar-refractivity contribution in [2.24, 2.45) is 5.10 Å². The first kappa shape index (κ1) is 21.2. The van der Waals surface area contributed by atoms with Crippen LogP contribution in [0.25, 0.3) is 0 Å². The smallest absolute Gasteiger partial charge is 0.271 e. The lowest BCUT2D eigenvalue weighted by atomic mass is 10.2. The molecule has 0 spiro atoms. The van der Waals surface area contributed by atoms with Crippen LogP contribution in [0.2, 0.25) is 5.02 Å². The number of carbonyl (C=O) groups is 1. The van der Waals surface area contributed by atoms with Gasteiger partial charge in [-0.2, -0.15) is 5.10 Å². The molecule has 3 aromatic carbocycles. The zero-order chi connectivity index (χ0) is 21.7. The lowest BCUT2D eigenvalue weighted by Gasteiger charge is -2.09. The van der Waals surface area contributed by atoms with E-state index in [4.69, 9.17) is 11.6 Å². The van der Waals surface area contributed by atoms with Gasteiger partial charge in [-0.3, -0.25) is 9.52 Å². The Hall–Kier alpha value is -3.56. The van der Waals surface area contributed by atoms with Gasteiger partial charge in [-0.25, -0.2) is 13.8 Å². The number of anilines is 1. The first-order valence-corrected chi connectivity index (χ1v) is 10.3. The van der Waals surface area contributed by atoms with Gasteiger partial charge in [0.05, 0.1) is 11.1 Å². The van der Waals surface area contributed by atoms with E-state index in [1.54, 1.807) is 12.1 Å². The van der Waals surface area contributed by atoms with Crippen LogP contribution in [0, 0.1) is 0 Å². The number of nitrogens with one attached hydrogen (secondary N) is 2. The van der Waals surface area contributed by atoms with Gasteiger partial charge in [0.15, 0.2) is 0 Å². The quantitative estimate of drug-likeness (QED) is 0.342. The monoisotopic (exact) mass is 445 g/mol. The van der Waals surface area contributed by atoms with E-state index in [9.17, 15) is 23.4 Å². The van der Waals surface area contributed by atoms with Crippen LogP contribution in [0.1, 0.15) is 15.9 Å². The number of phenolic OH excluding ortho intramolecular Hbond substituents is 2. The Kier molecular flexibility index (Phi) is 6.24. The third-order valence-electron chi connectivity index (χ3n) is 3.89. The van der Waals surface area contributed by atoms with Crippen molar-refractivity contribution in [3.05, 3.63) is 82.9 Å². The highest BCUT2D eigenvalue weighted by Gasteiger charge is 2.16. The van der Waals surface area contributed by atoms with Gasteiger partial charge >= 0.3 is 0 Å². The molecule has 0 fully saturated rings. The van der Waals surface area contributed by atoms with Crippen molar-refractivity contribution in [1.82, 2.24) is 5.43 Å². The van der Waals surface area contributed by atoms with E-state index in [1.807, 2.05) is 0 Å². The molecule has 154 valence electrons. The topological polar surface area (TPSA) is 128 Å². The van der Waals surface area contributed by atoms with E-state index in [0.717, 1.165) is 6.07 Å². The Labute approximate surface area is 177 Å². The summed E-state index contributed by atoms with van der Waals surface area (Å²) in [4.78, 5) is 12.2. The van der Waals surface area contributed by atoms with Crippen LogP contribution in [0.3, 0.4) is 0 Å². The van der Waals surface area contributed by atoms with Gasteiger partial charge in [0.25, 0.3) is 15.9 Å². The molecule has 0 aliphatic rings. The van der Waals surface area contributed by atoms with Crippen LogP contribution < -0.4 is 10.1 Å². The molecule has 10 heteroatoms. The van der Waals surface area contributed by atoms with E-state index in [0.29, 0.717) is 10.7 Å². The van der Waals surface area contributed by atoms with Crippen molar-refractivity contribution < 1.29 is 23.4 Å². The minimum Gasteiger partial charge on any atom is -0.508 e. The number of hydrogen-bond acceptors (Lipinski definition) is 6. The molecule has 0 heterocycles. The lowest BCUT2D eigenvalue weighted by molar-refractivity contribution is 0.0955. The number of nitrogens with zero attached hydrogens (tertiary/aromatic N) is 1. The molecule has 30 heavy (non-hydrogen) atoms. The molecule has 0 radical (unpaired) electrons. The lowest BCUT2D eigenvalue weighted by Crippen LogP contribution is -2.19. The molecule has 4 N–H and O–H groups in total. The minimum atomic E-state index is -3.92. The van der Waals surface area contributed by atoms with E-state index >= 15 is 0 Å². The van der Waals surface area contributed by atoms with E-state index in [1.165, 1.54) is 54.7 Å². The molecule has 3 aromatic rings. The Bertz CT molecular complexity index is 1210. The number of phenols is 2. The second-order valence-corrected chi connectivity index (χ2v) is 8.20. The molecule has 0 saturated heterocycles. The van der Waals surface area contributed by atoms with Crippen LogP contribution in [0.15, 0.2) is 76.7 Å². The third-order valence-corrected chi connectivity index (χ3v) is 5.52. The molecular formula is C20H16ClN3O5S. The minimum absolute atomic E-state index is 0.0704. The first-order chi connectivity index (χ1) is 14.2. The highest BCUT2D eigenvalue weighted by atomic mass is 35.5. The fourth-order valence-corrected chi connectivity index (χ4v) is 3.63. The molecule has 0 unspecified atom stereocenters. The number of carbonyl (C=O) groups excluding carboxylic acids is 1. The van der Waals surface area contributed by atoms with Gasteiger partial charge in [0.1, 0.15) is 11.5 Å². The predicted molar refractivity (Wildman–Crippen MR) is 114 cm³/mol. The number of sulfonamides is 1. The van der Waals surface area contributed by atoms with Crippen molar-refractivity contribution in [2.75, 3.05) is 4.72 Å². The highest BCUT2D eigenvalue weighted by Crippen LogP contribution is 2.21. The third kappa shape index (κ3) is 5.28. The zero-order valence-corrected chi connectivity index (χ0v) is 16.9. The van der Waals surface area contributed by atoms with Crippen molar-refractivity contribution in [1.29, 1.82) is 0 Å². The second kappa shape index (κ2) is 8.85. The largest absolute Gasteiger partial charge is 0.508 e. The van der Waals surface area contributed by atoms with Crippen LogP contribution in [0.5, 0.6) is 11.5 Å². The Morgan fingerprint density at radius 1 is 1.00 bits per heavy atom. The Balaban J connectivity index is 1.73. The number of benzene rings is 3. The van der Waals surface area contributed by atoms with Gasteiger partial charge in [-0.05, 0) is 54.6 Å². The molecule has 0 aromatic heterocycles. The summed E-state index contributed by atoms with van der Waals surface area (Å²) < 4.78 is 27.6. The van der Waals surface area contributed by atoms with Crippen LogP contribution in [-0.2, 0) is 10.0 Å². The molecule has 0 atom stereocenters. The predicted octanol–water partition coefficient (Wildman–Crippen LogP) is 3.32. The van der Waals surface area contributed by atoms with Gasteiger partial charge in [-0.1, -0.05) is 17.7 Å². The van der Waals surface area contributed by atoms with Gasteiger partial charge in [0, 0.05) is 27.9 Å². The van der Waals surface area contributed by atoms with Crippen molar-refractivity contribution in [3.63, 3.8) is 0 Å². The number of rotatable bonds is 6. The van der Waals surface area contributed by atoms with E-state index in [2.05, 4.69) is 15.2 Å². The summed E-state index contributed by atoms with van der Waals surface area (Å²) in [6.45, 7) is 0. The van der Waals surface area contributed by atoms with Crippen molar-refractivity contribution >= 4 is 39.4 Å². The number of aromatic hydroxyl groups is 2. The van der Waals surface area contributed by atoms with Crippen LogP contribution >= 0.6 is 11.6 Å². The second-order valence-electron chi connectivity index (χ2n) is 6.08. The maximum Gasteiger partial charge on any atom is 0.271 e. The first-order valence-electron chi connectivity index (χ1n) is 8.48. The maximum absolute atomic E-state index is 12.6. The summed E-state index contributed by atoms with van der Waals surface area (Å²) >= 11 is 5.79. The van der Waals surface area contributed by atoms with Crippen molar-refractivity contribution in [2.45, 2.75) is 4.90 Å². The number of hydrogen-bond donors (Lipinski definition) is 4. The normalized spacial score (nSPS) is 11.4. The zero-order valence-electron chi connectivity index (χ0n) is 15.3. The number of halogens is 1. The Morgan fingerprint density at radius 2 is 1.73 bits per heavy atom. The summed E-state index contributed by atoms with van der Waals surface area (Å²) in [7, 11) is -3.92. The summed E-state index contributed by atoms with van der Waals surface area (Å²) in [5.74, 6) is -0.971. The molecule has 3 rings (SSSR count). The molecular weight excluding hydrogens is 430 g/mol. The molecule has 0 aliphatic carbocycles. The summed E-state index contributed by atoms with van der Waals surface area (Å²) in [5.41, 5.74) is 2.92. The maximum atomic E-state index is 12.6. The molecule has 8 nitrogen and oxygen atoms in total. The number of hydrazone groups is 1.